The first-order valence-corrected chi connectivity index (χ1v) is 9.58. The number of benzene rings is 1. The normalized spacial score (nSPS) is 10.5. The molecule has 0 aliphatic carbocycles. The Kier molecular flexibility index (Phi) is 11.0. The highest BCUT2D eigenvalue weighted by Crippen LogP contribution is 2.10. The van der Waals surface area contributed by atoms with Crippen molar-refractivity contribution in [3.63, 3.8) is 0 Å². The number of ether oxygens (including phenoxy) is 2. The highest BCUT2D eigenvalue weighted by Gasteiger charge is 2.17. The van der Waals surface area contributed by atoms with Crippen LogP contribution in [0.1, 0.15) is 55.5 Å². The predicted molar refractivity (Wildman–Crippen MR) is 104 cm³/mol. The Hall–Kier alpha value is -2.21. The summed E-state index contributed by atoms with van der Waals surface area (Å²) in [4.78, 5) is 38.0. The van der Waals surface area contributed by atoms with Crippen LogP contribution in [0.15, 0.2) is 24.3 Å². The van der Waals surface area contributed by atoms with E-state index >= 15 is 0 Å². The Labute approximate surface area is 161 Å². The highest BCUT2D eigenvalue weighted by atomic mass is 16.5. The number of amides is 1. The van der Waals surface area contributed by atoms with Crippen LogP contribution >= 0.6 is 0 Å². The molecule has 1 aromatic carbocycles. The first kappa shape index (κ1) is 22.8. The van der Waals surface area contributed by atoms with E-state index in [-0.39, 0.29) is 36.9 Å². The van der Waals surface area contributed by atoms with Gasteiger partial charge in [-0.15, -0.1) is 0 Å². The summed E-state index contributed by atoms with van der Waals surface area (Å²) in [5, 5.41) is 0. The van der Waals surface area contributed by atoms with E-state index in [0.29, 0.717) is 44.9 Å². The van der Waals surface area contributed by atoms with E-state index in [4.69, 9.17) is 9.47 Å². The van der Waals surface area contributed by atoms with E-state index in [0.717, 1.165) is 5.56 Å². The first-order valence-electron chi connectivity index (χ1n) is 9.58. The molecule has 0 bridgehead atoms. The van der Waals surface area contributed by atoms with Crippen LogP contribution in [0.2, 0.25) is 0 Å². The minimum atomic E-state index is -0.323. The number of rotatable bonds is 13. The fourth-order valence-corrected chi connectivity index (χ4v) is 2.58. The van der Waals surface area contributed by atoms with Crippen molar-refractivity contribution in [2.24, 2.45) is 0 Å². The van der Waals surface area contributed by atoms with Crippen LogP contribution in [0.25, 0.3) is 0 Å². The fourth-order valence-electron chi connectivity index (χ4n) is 2.58. The van der Waals surface area contributed by atoms with Gasteiger partial charge in [-0.3, -0.25) is 14.4 Å². The number of carbonyl (C=O) groups is 3. The zero-order chi connectivity index (χ0) is 20.1. The molecule has 0 saturated heterocycles. The van der Waals surface area contributed by atoms with Crippen LogP contribution in [0, 0.1) is 6.92 Å². The predicted octanol–water partition coefficient (Wildman–Crippen LogP) is 3.17. The number of carbonyl (C=O) groups excluding carboxylic acids is 3. The Balaban J connectivity index is 2.55. The molecule has 0 fully saturated rings. The number of hydrogen-bond donors (Lipinski definition) is 0. The van der Waals surface area contributed by atoms with Crippen molar-refractivity contribution < 1.29 is 23.9 Å². The molecule has 6 heteroatoms. The number of ketones is 1. The molecule has 0 spiro atoms. The summed E-state index contributed by atoms with van der Waals surface area (Å²) < 4.78 is 10.2. The van der Waals surface area contributed by atoms with Crippen LogP contribution in [-0.4, -0.2) is 55.5 Å². The summed E-state index contributed by atoms with van der Waals surface area (Å²) >= 11 is 0. The standard InChI is InChI=1S/C21H31NO5/c1-4-26-16-6-14-22(15-13-21(25)27-5-2)20(24)12-11-19(23)18-9-7-17(3)8-10-18/h7-10H,4-6,11-16H2,1-3H3. The van der Waals surface area contributed by atoms with Crippen molar-refractivity contribution in [1.82, 2.24) is 4.90 Å². The molecule has 0 atom stereocenters. The molecule has 150 valence electrons. The first-order chi connectivity index (χ1) is 13.0. The van der Waals surface area contributed by atoms with E-state index in [1.54, 1.807) is 24.0 Å². The molecule has 1 rings (SSSR count). The minimum absolute atomic E-state index is 0.0528. The van der Waals surface area contributed by atoms with Crippen LogP contribution in [-0.2, 0) is 19.1 Å². The number of Topliss-reactive ketones (excluding diaryl/α,β-unsaturated/α-hetero) is 1. The fraction of sp³-hybridized carbons (Fsp3) is 0.571. The van der Waals surface area contributed by atoms with Gasteiger partial charge in [-0.1, -0.05) is 29.8 Å². The number of hydrogen-bond acceptors (Lipinski definition) is 5. The third-order valence-electron chi connectivity index (χ3n) is 4.10. The van der Waals surface area contributed by atoms with Crippen LogP contribution < -0.4 is 0 Å². The maximum Gasteiger partial charge on any atom is 0.307 e. The van der Waals surface area contributed by atoms with E-state index in [2.05, 4.69) is 0 Å². The number of nitrogens with zero attached hydrogens (tertiary/aromatic N) is 1. The van der Waals surface area contributed by atoms with Gasteiger partial charge < -0.3 is 14.4 Å². The van der Waals surface area contributed by atoms with Gasteiger partial charge in [-0.25, -0.2) is 0 Å². The Morgan fingerprint density at radius 1 is 0.926 bits per heavy atom. The van der Waals surface area contributed by atoms with Crippen LogP contribution in [0.5, 0.6) is 0 Å². The van der Waals surface area contributed by atoms with Gasteiger partial charge in [0.1, 0.15) is 0 Å². The molecule has 6 nitrogen and oxygen atoms in total. The molecule has 0 unspecified atom stereocenters. The molecule has 0 radical (unpaired) electrons. The van der Waals surface area contributed by atoms with E-state index in [1.807, 2.05) is 26.0 Å². The molecule has 1 aromatic rings. The maximum atomic E-state index is 12.5. The molecule has 0 N–H and O–H groups in total. The molecule has 0 heterocycles. The van der Waals surface area contributed by atoms with Crippen molar-refractivity contribution >= 4 is 17.7 Å². The van der Waals surface area contributed by atoms with Crippen molar-refractivity contribution in [3.05, 3.63) is 35.4 Å². The Bertz CT molecular complexity index is 597. The molecule has 27 heavy (non-hydrogen) atoms. The van der Waals surface area contributed by atoms with Crippen molar-refractivity contribution in [3.8, 4) is 0 Å². The highest BCUT2D eigenvalue weighted by molar-refractivity contribution is 5.98. The summed E-state index contributed by atoms with van der Waals surface area (Å²) in [5.41, 5.74) is 1.70. The lowest BCUT2D eigenvalue weighted by Gasteiger charge is -2.22. The largest absolute Gasteiger partial charge is 0.466 e. The summed E-state index contributed by atoms with van der Waals surface area (Å²) in [5.74, 6) is -0.505. The monoisotopic (exact) mass is 377 g/mol. The van der Waals surface area contributed by atoms with Crippen LogP contribution in [0.4, 0.5) is 0 Å². The second kappa shape index (κ2) is 13.0. The lowest BCUT2D eigenvalue weighted by molar-refractivity contribution is -0.144. The Morgan fingerprint density at radius 3 is 2.26 bits per heavy atom. The van der Waals surface area contributed by atoms with Crippen LogP contribution in [0.3, 0.4) is 0 Å². The van der Waals surface area contributed by atoms with E-state index < -0.39 is 0 Å². The zero-order valence-corrected chi connectivity index (χ0v) is 16.7. The topological polar surface area (TPSA) is 72.9 Å². The second-order valence-corrected chi connectivity index (χ2v) is 6.28. The van der Waals surface area contributed by atoms with E-state index in [9.17, 15) is 14.4 Å². The molecule has 0 aliphatic rings. The van der Waals surface area contributed by atoms with E-state index in [1.165, 1.54) is 0 Å². The minimum Gasteiger partial charge on any atom is -0.466 e. The third kappa shape index (κ3) is 9.33. The maximum absolute atomic E-state index is 12.5. The quantitative estimate of drug-likeness (QED) is 0.300. The van der Waals surface area contributed by atoms with Gasteiger partial charge >= 0.3 is 5.97 Å². The SMILES string of the molecule is CCOCCCN(CCC(=O)OCC)C(=O)CCC(=O)c1ccc(C)cc1. The van der Waals surface area contributed by atoms with Crippen molar-refractivity contribution in [2.45, 2.75) is 46.5 Å². The van der Waals surface area contributed by atoms with Gasteiger partial charge in [-0.2, -0.15) is 0 Å². The average Bonchev–Trinajstić information content (AvgIpc) is 2.66. The summed E-state index contributed by atoms with van der Waals surface area (Å²) in [7, 11) is 0. The smallest absolute Gasteiger partial charge is 0.307 e. The average molecular weight is 377 g/mol. The zero-order valence-electron chi connectivity index (χ0n) is 16.7. The molecular formula is C21H31NO5. The third-order valence-corrected chi connectivity index (χ3v) is 4.10. The lowest BCUT2D eigenvalue weighted by Crippen LogP contribution is -2.35. The molecule has 1 amide bonds. The van der Waals surface area contributed by atoms with Gasteiger partial charge in [-0.05, 0) is 27.2 Å². The van der Waals surface area contributed by atoms with Crippen molar-refractivity contribution in [2.75, 3.05) is 32.9 Å². The second-order valence-electron chi connectivity index (χ2n) is 6.28. The molecule has 0 aliphatic heterocycles. The van der Waals surface area contributed by atoms with Gasteiger partial charge in [0, 0.05) is 44.7 Å². The van der Waals surface area contributed by atoms with Gasteiger partial charge in [0.2, 0.25) is 5.91 Å². The number of aryl methyl sites for hydroxylation is 1. The van der Waals surface area contributed by atoms with Gasteiger partial charge in [0.05, 0.1) is 13.0 Å². The summed E-state index contributed by atoms with van der Waals surface area (Å²) in [6, 6.07) is 7.33. The summed E-state index contributed by atoms with van der Waals surface area (Å²) in [6.45, 7) is 7.92. The Morgan fingerprint density at radius 2 is 1.63 bits per heavy atom. The summed E-state index contributed by atoms with van der Waals surface area (Å²) in [6.07, 6.45) is 1.13. The number of esters is 1. The van der Waals surface area contributed by atoms with Gasteiger partial charge in [0.15, 0.2) is 5.78 Å². The molecule has 0 saturated carbocycles. The van der Waals surface area contributed by atoms with Crippen molar-refractivity contribution in [1.29, 1.82) is 0 Å². The molecule has 0 aromatic heterocycles. The molecular weight excluding hydrogens is 346 g/mol. The lowest BCUT2D eigenvalue weighted by atomic mass is 10.0. The van der Waals surface area contributed by atoms with Gasteiger partial charge in [0.25, 0.3) is 0 Å².